The summed E-state index contributed by atoms with van der Waals surface area (Å²) in [5.41, 5.74) is 4.98. The highest BCUT2D eigenvalue weighted by molar-refractivity contribution is 7.14. The Labute approximate surface area is 146 Å². The van der Waals surface area contributed by atoms with Crippen LogP contribution >= 0.6 is 22.7 Å². The van der Waals surface area contributed by atoms with Crippen LogP contribution in [0.5, 0.6) is 0 Å². The fraction of sp³-hybridized carbons (Fsp3) is 0.267. The fourth-order valence-electron chi connectivity index (χ4n) is 2.04. The van der Waals surface area contributed by atoms with E-state index in [0.29, 0.717) is 13.2 Å². The van der Waals surface area contributed by atoms with Gasteiger partial charge < -0.3 is 9.64 Å². The Balaban J connectivity index is 1.49. The number of morpholine rings is 1. The molecule has 2 amide bonds. The molecule has 1 aliphatic rings. The van der Waals surface area contributed by atoms with E-state index in [1.807, 2.05) is 17.5 Å². The Morgan fingerprint density at radius 3 is 2.83 bits per heavy atom. The van der Waals surface area contributed by atoms with Crippen molar-refractivity contribution in [2.24, 2.45) is 0 Å². The molecule has 0 bridgehead atoms. The summed E-state index contributed by atoms with van der Waals surface area (Å²) in [5, 5.41) is 4.38. The number of rotatable bonds is 4. The molecule has 126 valence electrons. The number of ether oxygens (including phenoxy) is 1. The van der Waals surface area contributed by atoms with Gasteiger partial charge in [-0.05, 0) is 17.5 Å². The SMILES string of the molecule is O=C(/C=C/c1cccs1)NNC(=O)c1csc(N2CCOCC2)n1. The van der Waals surface area contributed by atoms with E-state index in [2.05, 4.69) is 20.7 Å². The topological polar surface area (TPSA) is 83.6 Å². The third kappa shape index (κ3) is 4.40. The predicted octanol–water partition coefficient (Wildman–Crippen LogP) is 1.52. The van der Waals surface area contributed by atoms with Gasteiger partial charge in [-0.25, -0.2) is 4.98 Å². The third-order valence-corrected chi connectivity index (χ3v) is 4.99. The van der Waals surface area contributed by atoms with Gasteiger partial charge in [-0.1, -0.05) is 6.07 Å². The molecule has 1 aliphatic heterocycles. The normalized spacial score (nSPS) is 14.8. The Hall–Kier alpha value is -2.23. The highest BCUT2D eigenvalue weighted by Crippen LogP contribution is 2.21. The van der Waals surface area contributed by atoms with Gasteiger partial charge in [-0.15, -0.1) is 22.7 Å². The molecular weight excluding hydrogens is 348 g/mol. The molecule has 0 saturated carbocycles. The number of nitrogens with zero attached hydrogens (tertiary/aromatic N) is 2. The molecule has 0 aliphatic carbocycles. The van der Waals surface area contributed by atoms with Crippen LogP contribution in [0.15, 0.2) is 29.0 Å². The lowest BCUT2D eigenvalue weighted by Gasteiger charge is -2.25. The van der Waals surface area contributed by atoms with E-state index in [0.717, 1.165) is 23.1 Å². The Kier molecular flexibility index (Phi) is 5.57. The molecular formula is C15H16N4O3S2. The van der Waals surface area contributed by atoms with E-state index < -0.39 is 11.8 Å². The van der Waals surface area contributed by atoms with Crippen molar-refractivity contribution >= 4 is 45.7 Å². The van der Waals surface area contributed by atoms with Gasteiger partial charge in [0.2, 0.25) is 0 Å². The van der Waals surface area contributed by atoms with Crippen LogP contribution in [0.2, 0.25) is 0 Å². The standard InChI is InChI=1S/C15H16N4O3S2/c20-13(4-3-11-2-1-9-23-11)17-18-14(21)12-10-24-15(16-12)19-5-7-22-8-6-19/h1-4,9-10H,5-8H2,(H,17,20)(H,18,21)/b4-3+. The molecule has 2 N–H and O–H groups in total. The molecule has 0 radical (unpaired) electrons. The van der Waals surface area contributed by atoms with Crippen LogP contribution in [0.25, 0.3) is 6.08 Å². The quantitative estimate of drug-likeness (QED) is 0.635. The molecule has 24 heavy (non-hydrogen) atoms. The lowest BCUT2D eigenvalue weighted by Crippen LogP contribution is -2.41. The number of anilines is 1. The number of aromatic nitrogens is 1. The summed E-state index contributed by atoms with van der Waals surface area (Å²) in [6, 6.07) is 3.80. The van der Waals surface area contributed by atoms with E-state index in [1.165, 1.54) is 28.7 Å². The minimum atomic E-state index is -0.441. The van der Waals surface area contributed by atoms with Gasteiger partial charge in [0.1, 0.15) is 5.69 Å². The maximum absolute atomic E-state index is 12.0. The van der Waals surface area contributed by atoms with Crippen molar-refractivity contribution in [1.82, 2.24) is 15.8 Å². The number of carbonyl (C=O) groups is 2. The highest BCUT2D eigenvalue weighted by atomic mass is 32.1. The highest BCUT2D eigenvalue weighted by Gasteiger charge is 2.17. The monoisotopic (exact) mass is 364 g/mol. The number of nitrogens with one attached hydrogen (secondary N) is 2. The van der Waals surface area contributed by atoms with Gasteiger partial charge in [0, 0.05) is 29.4 Å². The summed E-state index contributed by atoms with van der Waals surface area (Å²) < 4.78 is 5.29. The number of hydrogen-bond donors (Lipinski definition) is 2. The van der Waals surface area contributed by atoms with E-state index in [4.69, 9.17) is 4.74 Å². The second-order valence-corrected chi connectivity index (χ2v) is 6.72. The molecule has 0 atom stereocenters. The van der Waals surface area contributed by atoms with Crippen LogP contribution < -0.4 is 15.8 Å². The average Bonchev–Trinajstić information content (AvgIpc) is 3.30. The minimum Gasteiger partial charge on any atom is -0.378 e. The van der Waals surface area contributed by atoms with Crippen molar-refractivity contribution in [3.63, 3.8) is 0 Å². The van der Waals surface area contributed by atoms with Crippen LogP contribution in [0.1, 0.15) is 15.4 Å². The Bertz CT molecular complexity index is 721. The van der Waals surface area contributed by atoms with Crippen molar-refractivity contribution in [3.8, 4) is 0 Å². The second-order valence-electron chi connectivity index (χ2n) is 4.91. The van der Waals surface area contributed by atoms with Crippen molar-refractivity contribution < 1.29 is 14.3 Å². The molecule has 9 heteroatoms. The van der Waals surface area contributed by atoms with Crippen molar-refractivity contribution in [3.05, 3.63) is 39.5 Å². The summed E-state index contributed by atoms with van der Waals surface area (Å²) in [6.45, 7) is 2.85. The molecule has 2 aromatic rings. The molecule has 1 fully saturated rings. The van der Waals surface area contributed by atoms with Crippen LogP contribution in [0, 0.1) is 0 Å². The first-order chi connectivity index (χ1) is 11.7. The van der Waals surface area contributed by atoms with Gasteiger partial charge in [0.15, 0.2) is 5.13 Å². The smallest absolute Gasteiger partial charge is 0.289 e. The van der Waals surface area contributed by atoms with Crippen molar-refractivity contribution in [2.45, 2.75) is 0 Å². The molecule has 1 saturated heterocycles. The minimum absolute atomic E-state index is 0.282. The van der Waals surface area contributed by atoms with Crippen LogP contribution in [-0.2, 0) is 9.53 Å². The largest absolute Gasteiger partial charge is 0.378 e. The molecule has 0 unspecified atom stereocenters. The van der Waals surface area contributed by atoms with E-state index in [1.54, 1.807) is 11.5 Å². The first-order valence-corrected chi connectivity index (χ1v) is 9.08. The maximum atomic E-state index is 12.0. The molecule has 7 nitrogen and oxygen atoms in total. The van der Waals surface area contributed by atoms with Crippen LogP contribution in [0.3, 0.4) is 0 Å². The number of thiazole rings is 1. The molecule has 2 aromatic heterocycles. The number of hydrogen-bond acceptors (Lipinski definition) is 7. The van der Waals surface area contributed by atoms with E-state index in [-0.39, 0.29) is 5.69 Å². The van der Waals surface area contributed by atoms with Crippen molar-refractivity contribution in [2.75, 3.05) is 31.2 Å². The summed E-state index contributed by atoms with van der Waals surface area (Å²) in [6.07, 6.45) is 3.05. The van der Waals surface area contributed by atoms with E-state index >= 15 is 0 Å². The van der Waals surface area contributed by atoms with Gasteiger partial charge >= 0.3 is 0 Å². The average molecular weight is 364 g/mol. The number of hydrazine groups is 1. The molecule has 3 heterocycles. The summed E-state index contributed by atoms with van der Waals surface area (Å²) in [4.78, 5) is 31.1. The van der Waals surface area contributed by atoms with Crippen LogP contribution in [-0.4, -0.2) is 43.1 Å². The Morgan fingerprint density at radius 1 is 1.25 bits per heavy atom. The predicted molar refractivity (Wildman–Crippen MR) is 94.1 cm³/mol. The summed E-state index contributed by atoms with van der Waals surface area (Å²) in [5.74, 6) is -0.844. The van der Waals surface area contributed by atoms with E-state index in [9.17, 15) is 9.59 Å². The summed E-state index contributed by atoms with van der Waals surface area (Å²) >= 11 is 2.93. The zero-order valence-electron chi connectivity index (χ0n) is 12.7. The Morgan fingerprint density at radius 2 is 2.08 bits per heavy atom. The zero-order chi connectivity index (χ0) is 16.8. The van der Waals surface area contributed by atoms with Gasteiger partial charge in [0.05, 0.1) is 13.2 Å². The first kappa shape index (κ1) is 16.6. The lowest BCUT2D eigenvalue weighted by atomic mass is 10.4. The first-order valence-electron chi connectivity index (χ1n) is 7.32. The van der Waals surface area contributed by atoms with Gasteiger partial charge in [-0.2, -0.15) is 0 Å². The van der Waals surface area contributed by atoms with Crippen LogP contribution in [0.4, 0.5) is 5.13 Å². The fourth-order valence-corrected chi connectivity index (χ4v) is 3.51. The maximum Gasteiger partial charge on any atom is 0.289 e. The molecule has 0 aromatic carbocycles. The molecule has 0 spiro atoms. The molecule has 3 rings (SSSR count). The second kappa shape index (κ2) is 8.04. The number of thiophene rings is 1. The zero-order valence-corrected chi connectivity index (χ0v) is 14.4. The lowest BCUT2D eigenvalue weighted by molar-refractivity contribution is -0.117. The van der Waals surface area contributed by atoms with Gasteiger partial charge in [-0.3, -0.25) is 20.4 Å². The summed E-state index contributed by atoms with van der Waals surface area (Å²) in [7, 11) is 0. The third-order valence-electron chi connectivity index (χ3n) is 3.25. The number of carbonyl (C=O) groups excluding carboxylic acids is 2. The number of amides is 2. The van der Waals surface area contributed by atoms with Crippen molar-refractivity contribution in [1.29, 1.82) is 0 Å². The van der Waals surface area contributed by atoms with Gasteiger partial charge in [0.25, 0.3) is 11.8 Å².